The lowest BCUT2D eigenvalue weighted by Gasteiger charge is -2.46. The van der Waals surface area contributed by atoms with E-state index in [1.165, 1.54) is 116 Å². The highest BCUT2D eigenvalue weighted by atomic mass is 16.6. The Kier molecular flexibility index (Phi) is 31.9. The summed E-state index contributed by atoms with van der Waals surface area (Å²) < 4.78 is 21.8. The van der Waals surface area contributed by atoms with Crippen LogP contribution in [0.4, 0.5) is 19.2 Å². The van der Waals surface area contributed by atoms with Gasteiger partial charge in [0.2, 0.25) is 23.6 Å². The monoisotopic (exact) mass is 1820 g/mol. The molecular formula is C112H158N8O13. The summed E-state index contributed by atoms with van der Waals surface area (Å²) in [6.07, 6.45) is 26.2. The maximum Gasteiger partial charge on any atom is 0.410 e. The quantitative estimate of drug-likeness (QED) is 0.0885. The first kappa shape index (κ1) is 99.7. The largest absolute Gasteiger partial charge is 0.444 e. The molecule has 5 saturated carbocycles. The molecule has 0 spiro atoms. The van der Waals surface area contributed by atoms with Gasteiger partial charge < -0.3 is 63.7 Å². The van der Waals surface area contributed by atoms with Gasteiger partial charge in [0.05, 0.1) is 24.2 Å². The summed E-state index contributed by atoms with van der Waals surface area (Å²) in [5, 5.41) is 12.2. The summed E-state index contributed by atoms with van der Waals surface area (Å²) in [5.41, 5.74) is 21.0. The first-order valence-corrected chi connectivity index (χ1v) is 51.1. The van der Waals surface area contributed by atoms with Crippen LogP contribution in [0.25, 0.3) is 22.3 Å². The summed E-state index contributed by atoms with van der Waals surface area (Å²) in [7, 11) is 5.47. The Morgan fingerprint density at radius 3 is 1.02 bits per heavy atom. The fraction of sp³-hybridized carbons (Fsp3) is 0.643. The van der Waals surface area contributed by atoms with E-state index in [0.717, 1.165) is 161 Å². The fourth-order valence-corrected chi connectivity index (χ4v) is 23.8. The first-order chi connectivity index (χ1) is 63.2. The topological polar surface area (TPSA) is 228 Å². The Balaban J connectivity index is 0.000000143. The highest BCUT2D eigenvalue weighted by molar-refractivity contribution is 5.90. The number of hydrogen-bond acceptors (Lipinski definition) is 13. The van der Waals surface area contributed by atoms with Gasteiger partial charge in [0.1, 0.15) is 28.4 Å². The van der Waals surface area contributed by atoms with Gasteiger partial charge in [-0.2, -0.15) is 0 Å². The smallest absolute Gasteiger partial charge is 0.410 e. The van der Waals surface area contributed by atoms with Crippen molar-refractivity contribution in [3.63, 3.8) is 0 Å². The number of nitrogens with zero attached hydrogens (tertiary/aromatic N) is 7. The molecule has 17 rings (SSSR count). The predicted octanol–water partition coefficient (Wildman–Crippen LogP) is 21.4. The number of carbonyl (C=O) groups excluding carboxylic acids is 8. The Hall–Kier alpha value is -9.24. The third kappa shape index (κ3) is 24.4. The number of aliphatic hydroxyl groups is 1. The zero-order chi connectivity index (χ0) is 95.3. The van der Waals surface area contributed by atoms with Crippen LogP contribution in [0.15, 0.2) is 119 Å². The third-order valence-electron chi connectivity index (χ3n) is 30.4. The number of fused-ring (bicyclic) bond motifs is 8. The van der Waals surface area contributed by atoms with Gasteiger partial charge in [-0.3, -0.25) is 19.2 Å². The van der Waals surface area contributed by atoms with Crippen molar-refractivity contribution in [3.05, 3.63) is 164 Å². The van der Waals surface area contributed by atoms with Crippen LogP contribution in [0.5, 0.6) is 0 Å². The fourth-order valence-electron chi connectivity index (χ4n) is 23.8. The van der Waals surface area contributed by atoms with Crippen LogP contribution in [-0.2, 0) is 63.8 Å². The molecule has 13 aliphatic rings. The Morgan fingerprint density at radius 2 is 0.707 bits per heavy atom. The SMILES string of the molecule is CC(C)CC1C2=C(CCN1C(=O)[C@@H](CCO)NC(=O)OC(C)(C)C)c1ccccc1C2.CCC1C2=C(CCN1C(=O)C1CCC(CN(C)C(=O)OC(C)(C)C)CC1)c1ccccc1C2.CN(CC1CCC(C(=O)N2CCC3=C(Cc4ccccc43)C2C2CC2)CC1)C(=O)OC(C)(C)C.CN(CC1CCC(C(=O)N2CCC3=C(Cc4ccccc43)C2C2CCC2)CC1)C(=O)OC(C)(C)C. The maximum atomic E-state index is 13.9. The van der Waals surface area contributed by atoms with Crippen LogP contribution in [0, 0.1) is 53.3 Å². The van der Waals surface area contributed by atoms with Crippen molar-refractivity contribution in [1.82, 2.24) is 39.6 Å². The first-order valence-electron chi connectivity index (χ1n) is 51.1. The van der Waals surface area contributed by atoms with Crippen LogP contribution >= 0.6 is 0 Å². The van der Waals surface area contributed by atoms with E-state index >= 15 is 0 Å². The molecule has 4 unspecified atom stereocenters. The molecule has 4 aliphatic heterocycles. The Bertz CT molecular complexity index is 4980. The molecule has 724 valence electrons. The summed E-state index contributed by atoms with van der Waals surface area (Å²) >= 11 is 0. The van der Waals surface area contributed by atoms with Gasteiger partial charge in [-0.05, 0) is 381 Å². The molecule has 9 aliphatic carbocycles. The molecular weight excluding hydrogens is 1670 g/mol. The van der Waals surface area contributed by atoms with Crippen molar-refractivity contribution < 1.29 is 62.4 Å². The van der Waals surface area contributed by atoms with Gasteiger partial charge >= 0.3 is 24.4 Å². The van der Waals surface area contributed by atoms with E-state index in [4.69, 9.17) is 18.9 Å². The standard InChI is InChI=1S/C30H42N2O3.C29H40N2O3.C28H40N2O3.C25H36N2O4/c1-30(2,3)35-29(34)31(4)19-20-12-14-22(15-13-20)28(33)32-17-16-25-24-11-6-5-8-23(24)18-26(25)27(32)21-9-7-10-21;1-29(2,3)34-28(33)30(4)18-19-9-11-21(12-10-19)27(32)31-16-15-24-23-8-6-5-7-22(23)17-25(24)26(31)20-13-14-20;1-6-25-24-17-21-9-7-8-10-22(21)23(24)15-16-30(25)26(31)20-13-11-19(12-14-20)18-29(5)27(32)33-28(2,3)4;1-16(2)14-22-20-15-17-8-6-7-9-18(17)19(20)10-12-27(22)23(29)21(11-13-28)26-24(30)31-25(3,4)5/h5-6,8,11,20-22,27H,7,9-10,12-19H2,1-4H3;5-8,19-21,26H,9-18H2,1-4H3;7-10,19-20,25H,6,11-18H2,1-5H3;6-9,16,21-22,28H,10-15H2,1-5H3,(H,26,30)/t;;;21-,22?/m...1/s1. The van der Waals surface area contributed by atoms with Gasteiger partial charge in [0.25, 0.3) is 0 Å². The number of amides is 8. The Labute approximate surface area is 794 Å². The molecule has 0 saturated heterocycles. The molecule has 4 heterocycles. The zero-order valence-electron chi connectivity index (χ0n) is 83.8. The molecule has 21 heteroatoms. The lowest BCUT2D eigenvalue weighted by atomic mass is 9.73. The van der Waals surface area contributed by atoms with Crippen LogP contribution < -0.4 is 5.32 Å². The third-order valence-corrected chi connectivity index (χ3v) is 30.4. The van der Waals surface area contributed by atoms with E-state index in [1.807, 2.05) is 88.4 Å². The van der Waals surface area contributed by atoms with Crippen LogP contribution in [-0.4, -0.2) is 214 Å². The van der Waals surface area contributed by atoms with Gasteiger partial charge in [-0.15, -0.1) is 0 Å². The number of hydrogen-bond donors (Lipinski definition) is 2. The molecule has 21 nitrogen and oxygen atoms in total. The number of aliphatic hydroxyl groups excluding tert-OH is 1. The van der Waals surface area contributed by atoms with Crippen molar-refractivity contribution in [1.29, 1.82) is 0 Å². The average molecular weight is 1820 g/mol. The van der Waals surface area contributed by atoms with Crippen molar-refractivity contribution >= 4 is 70.3 Å². The molecule has 4 aromatic carbocycles. The number of alkyl carbamates (subject to hydrolysis) is 1. The van der Waals surface area contributed by atoms with Crippen molar-refractivity contribution in [2.45, 2.75) is 336 Å². The predicted molar refractivity (Wildman–Crippen MR) is 526 cm³/mol. The van der Waals surface area contributed by atoms with Crippen LogP contribution in [0.1, 0.15) is 302 Å². The Morgan fingerprint density at radius 1 is 0.398 bits per heavy atom. The molecule has 0 bridgehead atoms. The zero-order valence-corrected chi connectivity index (χ0v) is 83.8. The maximum absolute atomic E-state index is 13.9. The van der Waals surface area contributed by atoms with E-state index in [9.17, 15) is 43.5 Å². The second-order valence-corrected chi connectivity index (χ2v) is 45.4. The average Bonchev–Trinajstić information content (AvgIpc) is 1.60. The van der Waals surface area contributed by atoms with Gasteiger partial charge in [0, 0.05) is 91.3 Å². The highest BCUT2D eigenvalue weighted by Gasteiger charge is 2.50. The lowest BCUT2D eigenvalue weighted by Crippen LogP contribution is -2.54. The molecule has 0 aromatic heterocycles. The minimum absolute atomic E-state index is 0.00489. The minimum Gasteiger partial charge on any atom is -0.444 e. The van der Waals surface area contributed by atoms with Crippen molar-refractivity contribution in [2.24, 2.45) is 53.3 Å². The van der Waals surface area contributed by atoms with E-state index in [-0.39, 0.29) is 67.1 Å². The van der Waals surface area contributed by atoms with Crippen molar-refractivity contribution in [2.75, 3.05) is 73.6 Å². The van der Waals surface area contributed by atoms with Gasteiger partial charge in [-0.25, -0.2) is 19.2 Å². The van der Waals surface area contributed by atoms with E-state index in [1.54, 1.807) is 41.0 Å². The number of nitrogens with one attached hydrogen (secondary N) is 1. The molecule has 133 heavy (non-hydrogen) atoms. The normalized spacial score (nSPS) is 24.5. The number of carbonyl (C=O) groups is 8. The molecule has 5 atom stereocenters. The number of ether oxygens (including phenoxy) is 4. The summed E-state index contributed by atoms with van der Waals surface area (Å²) in [5.74, 6) is 4.41. The van der Waals surface area contributed by atoms with Crippen LogP contribution in [0.2, 0.25) is 0 Å². The van der Waals surface area contributed by atoms with Gasteiger partial charge in [-0.1, -0.05) is 124 Å². The second kappa shape index (κ2) is 42.6. The lowest BCUT2D eigenvalue weighted by molar-refractivity contribution is -0.141. The van der Waals surface area contributed by atoms with Gasteiger partial charge in [0.15, 0.2) is 0 Å². The van der Waals surface area contributed by atoms with E-state index < -0.39 is 34.5 Å². The summed E-state index contributed by atoms with van der Waals surface area (Å²) in [4.78, 5) is 118. The summed E-state index contributed by atoms with van der Waals surface area (Å²) in [6.45, 7) is 34.1. The minimum atomic E-state index is -0.805. The van der Waals surface area contributed by atoms with Crippen molar-refractivity contribution in [3.8, 4) is 0 Å². The van der Waals surface area contributed by atoms with Crippen LogP contribution in [0.3, 0.4) is 0 Å². The van der Waals surface area contributed by atoms with E-state index in [0.29, 0.717) is 91.5 Å². The molecule has 0 radical (unpaired) electrons. The molecule has 8 amide bonds. The number of rotatable bonds is 18. The summed E-state index contributed by atoms with van der Waals surface area (Å²) in [6, 6.07) is 35.0. The molecule has 5 fully saturated rings. The highest BCUT2D eigenvalue weighted by Crippen LogP contribution is 2.52. The molecule has 2 N–H and O–H groups in total. The molecule has 4 aromatic rings. The second-order valence-electron chi connectivity index (χ2n) is 45.4. The van der Waals surface area contributed by atoms with E-state index in [2.05, 4.69) is 138 Å². The number of benzene rings is 4.